The smallest absolute Gasteiger partial charge is 0.162 e. The van der Waals surface area contributed by atoms with Gasteiger partial charge in [0.05, 0.1) is 11.6 Å². The molecular weight excluding hydrogens is 390 g/mol. The fourth-order valence-electron chi connectivity index (χ4n) is 5.74. The highest BCUT2D eigenvalue weighted by molar-refractivity contribution is 5.97. The minimum atomic E-state index is 0.293. The predicted octanol–water partition coefficient (Wildman–Crippen LogP) is 7.67. The summed E-state index contributed by atoms with van der Waals surface area (Å²) < 4.78 is 0. The van der Waals surface area contributed by atoms with E-state index in [0.29, 0.717) is 17.8 Å². The number of hydrogen-bond acceptors (Lipinski definition) is 2. The van der Waals surface area contributed by atoms with Crippen molar-refractivity contribution in [2.24, 2.45) is 17.8 Å². The van der Waals surface area contributed by atoms with E-state index in [0.717, 1.165) is 52.9 Å². The molecule has 0 heterocycles. The summed E-state index contributed by atoms with van der Waals surface area (Å²) >= 11 is 0. The van der Waals surface area contributed by atoms with Crippen molar-refractivity contribution in [3.8, 4) is 17.2 Å². The van der Waals surface area contributed by atoms with Gasteiger partial charge in [-0.25, -0.2) is 0 Å². The second-order valence-corrected chi connectivity index (χ2v) is 9.82. The van der Waals surface area contributed by atoms with Crippen LogP contribution in [-0.2, 0) is 11.2 Å². The summed E-state index contributed by atoms with van der Waals surface area (Å²) in [7, 11) is 0. The number of nitrogens with zero attached hydrogens (tertiary/aromatic N) is 1. The highest BCUT2D eigenvalue weighted by atomic mass is 16.1. The third kappa shape index (κ3) is 5.57. The molecule has 0 aliphatic heterocycles. The van der Waals surface area contributed by atoms with E-state index in [4.69, 9.17) is 5.26 Å². The summed E-state index contributed by atoms with van der Waals surface area (Å²) in [6, 6.07) is 18.0. The lowest BCUT2D eigenvalue weighted by Gasteiger charge is -2.35. The lowest BCUT2D eigenvalue weighted by atomic mass is 9.70. The molecule has 1 atom stereocenters. The van der Waals surface area contributed by atoms with Crippen LogP contribution >= 0.6 is 0 Å². The summed E-state index contributed by atoms with van der Waals surface area (Å²) in [5.74, 6) is 2.93. The van der Waals surface area contributed by atoms with Gasteiger partial charge in [0.1, 0.15) is 0 Å². The van der Waals surface area contributed by atoms with Crippen molar-refractivity contribution in [2.45, 2.75) is 71.1 Å². The van der Waals surface area contributed by atoms with Gasteiger partial charge in [0.25, 0.3) is 0 Å². The van der Waals surface area contributed by atoms with Gasteiger partial charge in [-0.05, 0) is 84.3 Å². The Bertz CT molecular complexity index is 969. The Balaban J connectivity index is 1.29. The Morgan fingerprint density at radius 2 is 1.56 bits per heavy atom. The number of allylic oxidation sites excluding steroid dienone is 2. The molecule has 1 unspecified atom stereocenters. The quantitative estimate of drug-likeness (QED) is 0.456. The molecule has 0 bridgehead atoms. The van der Waals surface area contributed by atoms with Gasteiger partial charge in [-0.2, -0.15) is 5.26 Å². The van der Waals surface area contributed by atoms with Gasteiger partial charge < -0.3 is 0 Å². The van der Waals surface area contributed by atoms with E-state index in [1.165, 1.54) is 44.9 Å². The number of benzene rings is 2. The second-order valence-electron chi connectivity index (χ2n) is 9.82. The Morgan fingerprint density at radius 1 is 0.906 bits per heavy atom. The van der Waals surface area contributed by atoms with E-state index in [2.05, 4.69) is 43.3 Å². The van der Waals surface area contributed by atoms with Crippen molar-refractivity contribution in [3.05, 3.63) is 71.3 Å². The first-order valence-corrected chi connectivity index (χ1v) is 12.5. The standard InChI is InChI=1S/C30H35NO/c1-2-3-22-4-10-25(11-5-22)28-16-18-29(19-17-28)30(32)20-23-6-12-26(13-7-23)27-14-8-24(21-31)9-15-27/h6-9,12-15,18,22,25,28H,2-5,10-11,16-17,19-20H2,1H3. The normalized spacial score (nSPS) is 23.2. The summed E-state index contributed by atoms with van der Waals surface area (Å²) in [4.78, 5) is 12.9. The van der Waals surface area contributed by atoms with Crippen LogP contribution in [0.2, 0.25) is 0 Å². The zero-order valence-corrected chi connectivity index (χ0v) is 19.4. The number of carbonyl (C=O) groups is 1. The topological polar surface area (TPSA) is 40.9 Å². The van der Waals surface area contributed by atoms with Crippen LogP contribution in [0, 0.1) is 29.1 Å². The molecule has 4 rings (SSSR count). The maximum Gasteiger partial charge on any atom is 0.162 e. The maximum atomic E-state index is 12.9. The molecule has 1 saturated carbocycles. The fourth-order valence-corrected chi connectivity index (χ4v) is 5.74. The number of ketones is 1. The van der Waals surface area contributed by atoms with Crippen LogP contribution in [0.25, 0.3) is 11.1 Å². The summed E-state index contributed by atoms with van der Waals surface area (Å²) in [5, 5.41) is 8.95. The average molecular weight is 426 g/mol. The van der Waals surface area contributed by atoms with E-state index < -0.39 is 0 Å². The lowest BCUT2D eigenvalue weighted by molar-refractivity contribution is -0.115. The molecule has 2 heteroatoms. The SMILES string of the molecule is CCCC1CCC(C2CC=C(C(=O)Cc3ccc(-c4ccc(C#N)cc4)cc3)CC2)CC1. The van der Waals surface area contributed by atoms with Crippen molar-refractivity contribution in [2.75, 3.05) is 0 Å². The molecule has 1 fully saturated rings. The van der Waals surface area contributed by atoms with Gasteiger partial charge in [-0.15, -0.1) is 0 Å². The number of rotatable bonds is 7. The van der Waals surface area contributed by atoms with Crippen LogP contribution in [0.3, 0.4) is 0 Å². The number of Topliss-reactive ketones (excluding diaryl/α,β-unsaturated/α-hetero) is 1. The molecule has 0 radical (unpaired) electrons. The van der Waals surface area contributed by atoms with Gasteiger partial charge in [0.15, 0.2) is 5.78 Å². The Morgan fingerprint density at radius 3 is 2.12 bits per heavy atom. The summed E-state index contributed by atoms with van der Waals surface area (Å²) in [6.45, 7) is 2.31. The first-order valence-electron chi connectivity index (χ1n) is 12.5. The van der Waals surface area contributed by atoms with Crippen LogP contribution < -0.4 is 0 Å². The van der Waals surface area contributed by atoms with Crippen molar-refractivity contribution in [1.82, 2.24) is 0 Å². The molecule has 2 aliphatic rings. The molecule has 0 aromatic heterocycles. The molecule has 2 aliphatic carbocycles. The minimum absolute atomic E-state index is 0.293. The monoisotopic (exact) mass is 425 g/mol. The number of hydrogen-bond donors (Lipinski definition) is 0. The Labute approximate surface area is 193 Å². The van der Waals surface area contributed by atoms with Crippen molar-refractivity contribution in [1.29, 1.82) is 5.26 Å². The summed E-state index contributed by atoms with van der Waals surface area (Å²) in [5.41, 5.74) is 5.00. The van der Waals surface area contributed by atoms with Crippen molar-refractivity contribution in [3.63, 3.8) is 0 Å². The highest BCUT2D eigenvalue weighted by Gasteiger charge is 2.29. The second kappa shape index (κ2) is 10.8. The largest absolute Gasteiger partial charge is 0.294 e. The van der Waals surface area contributed by atoms with E-state index in [1.807, 2.05) is 24.3 Å². The van der Waals surface area contributed by atoms with Gasteiger partial charge in [-0.1, -0.05) is 75.1 Å². The summed E-state index contributed by atoms with van der Waals surface area (Å²) in [6.07, 6.45) is 14.4. The molecule has 0 N–H and O–H groups in total. The van der Waals surface area contributed by atoms with Crippen LogP contribution in [0.1, 0.15) is 75.8 Å². The molecule has 0 saturated heterocycles. The zero-order chi connectivity index (χ0) is 22.3. The van der Waals surface area contributed by atoms with Crippen LogP contribution in [0.4, 0.5) is 0 Å². The number of carbonyl (C=O) groups excluding carboxylic acids is 1. The van der Waals surface area contributed by atoms with Gasteiger partial charge in [0, 0.05) is 6.42 Å². The first-order chi connectivity index (χ1) is 15.7. The molecule has 0 amide bonds. The van der Waals surface area contributed by atoms with Gasteiger partial charge >= 0.3 is 0 Å². The van der Waals surface area contributed by atoms with Crippen LogP contribution in [-0.4, -0.2) is 5.78 Å². The molecule has 0 spiro atoms. The molecule has 32 heavy (non-hydrogen) atoms. The Hall–Kier alpha value is -2.66. The molecule has 2 aromatic carbocycles. The van der Waals surface area contributed by atoms with E-state index >= 15 is 0 Å². The van der Waals surface area contributed by atoms with Gasteiger partial charge in [-0.3, -0.25) is 4.79 Å². The van der Waals surface area contributed by atoms with Crippen LogP contribution in [0.15, 0.2) is 60.2 Å². The van der Waals surface area contributed by atoms with E-state index in [-0.39, 0.29) is 0 Å². The molecule has 2 aromatic rings. The molecule has 166 valence electrons. The van der Waals surface area contributed by atoms with Gasteiger partial charge in [0.2, 0.25) is 0 Å². The van der Waals surface area contributed by atoms with Crippen molar-refractivity contribution >= 4 is 5.78 Å². The van der Waals surface area contributed by atoms with Crippen LogP contribution in [0.5, 0.6) is 0 Å². The lowest BCUT2D eigenvalue weighted by Crippen LogP contribution is -2.24. The number of nitriles is 1. The Kier molecular flexibility index (Phi) is 7.59. The fraction of sp³-hybridized carbons (Fsp3) is 0.467. The third-order valence-corrected chi connectivity index (χ3v) is 7.73. The molecule has 2 nitrogen and oxygen atoms in total. The average Bonchev–Trinajstić information content (AvgIpc) is 2.85. The minimum Gasteiger partial charge on any atom is -0.294 e. The highest BCUT2D eigenvalue weighted by Crippen LogP contribution is 2.40. The zero-order valence-electron chi connectivity index (χ0n) is 19.4. The third-order valence-electron chi connectivity index (χ3n) is 7.73. The molecular formula is C30H35NO. The maximum absolute atomic E-state index is 12.9. The van der Waals surface area contributed by atoms with E-state index in [1.54, 1.807) is 0 Å². The van der Waals surface area contributed by atoms with Crippen molar-refractivity contribution < 1.29 is 4.79 Å². The van der Waals surface area contributed by atoms with E-state index in [9.17, 15) is 4.79 Å². The predicted molar refractivity (Wildman–Crippen MR) is 131 cm³/mol. The first kappa shape index (κ1) is 22.5.